The number of aliphatic carboxylic acids is 1. The quantitative estimate of drug-likeness (QED) is 0.509. The van der Waals surface area contributed by atoms with Crippen molar-refractivity contribution in [3.8, 4) is 5.75 Å². The van der Waals surface area contributed by atoms with Crippen LogP contribution in [0.3, 0.4) is 0 Å². The Bertz CT molecular complexity index is 775. The van der Waals surface area contributed by atoms with Gasteiger partial charge in [0.05, 0.1) is 0 Å². The minimum Gasteiger partial charge on any atom is -0.482 e. The van der Waals surface area contributed by atoms with Crippen molar-refractivity contribution in [2.45, 2.75) is 76.9 Å². The number of hydrogen-bond acceptors (Lipinski definition) is 5. The zero-order valence-corrected chi connectivity index (χ0v) is 17.7. The molecular formula is C24H32O6. The lowest BCUT2D eigenvalue weighted by atomic mass is 9.73. The topological polar surface area (TPSA) is 82.1 Å². The van der Waals surface area contributed by atoms with Crippen molar-refractivity contribution in [2.75, 3.05) is 6.61 Å². The van der Waals surface area contributed by atoms with E-state index >= 15 is 0 Å². The number of carbonyl (C=O) groups excluding carboxylic acids is 1. The molecule has 0 bridgehead atoms. The first-order chi connectivity index (χ1) is 14.5. The molecule has 0 amide bonds. The summed E-state index contributed by atoms with van der Waals surface area (Å²) in [7, 11) is 0. The maximum Gasteiger partial charge on any atom is 0.508 e. The van der Waals surface area contributed by atoms with Gasteiger partial charge in [0.1, 0.15) is 18.0 Å². The van der Waals surface area contributed by atoms with Gasteiger partial charge in [-0.05, 0) is 79.9 Å². The zero-order valence-electron chi connectivity index (χ0n) is 17.7. The smallest absolute Gasteiger partial charge is 0.482 e. The highest BCUT2D eigenvalue weighted by Crippen LogP contribution is 2.50. The van der Waals surface area contributed by atoms with E-state index in [9.17, 15) is 9.59 Å². The largest absolute Gasteiger partial charge is 0.508 e. The number of fused-ring (bicyclic) bond motifs is 4. The first-order valence-corrected chi connectivity index (χ1v) is 11.4. The third-order valence-corrected chi connectivity index (χ3v) is 7.13. The number of rotatable bonds is 7. The minimum absolute atomic E-state index is 0.0315. The van der Waals surface area contributed by atoms with E-state index in [-0.39, 0.29) is 18.8 Å². The second kappa shape index (κ2) is 9.27. The Balaban J connectivity index is 1.47. The van der Waals surface area contributed by atoms with Crippen molar-refractivity contribution in [2.24, 2.45) is 17.8 Å². The van der Waals surface area contributed by atoms with Crippen LogP contribution in [-0.4, -0.2) is 36.0 Å². The fourth-order valence-electron chi connectivity index (χ4n) is 5.74. The molecule has 0 aromatic heterocycles. The third kappa shape index (κ3) is 4.57. The molecule has 1 unspecified atom stereocenters. The van der Waals surface area contributed by atoms with Crippen LogP contribution < -0.4 is 4.74 Å². The molecule has 0 spiro atoms. The van der Waals surface area contributed by atoms with Gasteiger partial charge < -0.3 is 19.3 Å². The molecule has 5 atom stereocenters. The fraction of sp³-hybridized carbons (Fsp3) is 0.667. The molecule has 1 N–H and O–H groups in total. The molecule has 2 fully saturated rings. The lowest BCUT2D eigenvalue weighted by Gasteiger charge is -2.34. The lowest BCUT2D eigenvalue weighted by molar-refractivity contribution is -0.139. The zero-order chi connectivity index (χ0) is 21.1. The van der Waals surface area contributed by atoms with E-state index in [0.29, 0.717) is 23.5 Å². The Morgan fingerprint density at radius 1 is 1.17 bits per heavy atom. The molecule has 1 aromatic carbocycles. The molecule has 6 heteroatoms. The number of hydrogen-bond donors (Lipinski definition) is 1. The highest BCUT2D eigenvalue weighted by molar-refractivity contribution is 5.68. The van der Waals surface area contributed by atoms with Crippen LogP contribution in [0.2, 0.25) is 0 Å². The predicted octanol–water partition coefficient (Wildman–Crippen LogP) is 4.77. The number of carbonyl (C=O) groups is 2. The van der Waals surface area contributed by atoms with Crippen LogP contribution >= 0.6 is 0 Å². The number of benzene rings is 1. The molecule has 0 radical (unpaired) electrons. The number of carboxylic acids is 1. The first-order valence-electron chi connectivity index (χ1n) is 11.4. The number of unbranched alkanes of at least 4 members (excludes halogenated alkanes) is 2. The molecule has 1 aliphatic heterocycles. The Morgan fingerprint density at radius 2 is 2.03 bits per heavy atom. The summed E-state index contributed by atoms with van der Waals surface area (Å²) in [5.41, 5.74) is 2.36. The Labute approximate surface area is 177 Å². The summed E-state index contributed by atoms with van der Waals surface area (Å²) in [6.07, 6.45) is 8.27. The van der Waals surface area contributed by atoms with Crippen LogP contribution in [0.1, 0.15) is 63.0 Å². The van der Waals surface area contributed by atoms with E-state index in [0.717, 1.165) is 63.4 Å². The number of ether oxygens (including phenoxy) is 3. The molecule has 4 rings (SSSR count). The molecule has 30 heavy (non-hydrogen) atoms. The lowest BCUT2D eigenvalue weighted by Crippen LogP contribution is -2.33. The molecule has 1 heterocycles. The summed E-state index contributed by atoms with van der Waals surface area (Å²) in [4.78, 5) is 23.2. The summed E-state index contributed by atoms with van der Waals surface area (Å²) in [5, 5.41) is 8.95. The minimum atomic E-state index is -0.971. The van der Waals surface area contributed by atoms with E-state index in [1.165, 1.54) is 5.56 Å². The normalized spacial score (nSPS) is 30.0. The Morgan fingerprint density at radius 3 is 2.83 bits per heavy atom. The van der Waals surface area contributed by atoms with Crippen LogP contribution in [0.25, 0.3) is 0 Å². The second-order valence-corrected chi connectivity index (χ2v) is 9.03. The van der Waals surface area contributed by atoms with E-state index < -0.39 is 12.1 Å². The van der Waals surface area contributed by atoms with Crippen LogP contribution in [0, 0.1) is 17.8 Å². The second-order valence-electron chi connectivity index (χ2n) is 9.03. The Hall–Kier alpha value is -2.24. The van der Waals surface area contributed by atoms with Gasteiger partial charge >= 0.3 is 12.1 Å². The molecule has 164 valence electrons. The van der Waals surface area contributed by atoms with Gasteiger partial charge in [0.25, 0.3) is 0 Å². The van der Waals surface area contributed by atoms with Crippen molar-refractivity contribution in [3.63, 3.8) is 0 Å². The van der Waals surface area contributed by atoms with Gasteiger partial charge in [-0.15, -0.1) is 0 Å². The predicted molar refractivity (Wildman–Crippen MR) is 111 cm³/mol. The van der Waals surface area contributed by atoms with E-state index in [1.807, 2.05) is 12.1 Å². The van der Waals surface area contributed by atoms with Gasteiger partial charge in [-0.2, -0.15) is 0 Å². The molecule has 2 aliphatic carbocycles. The van der Waals surface area contributed by atoms with Crippen LogP contribution in [0.5, 0.6) is 5.75 Å². The molecule has 1 saturated heterocycles. The summed E-state index contributed by atoms with van der Waals surface area (Å²) < 4.78 is 16.9. The van der Waals surface area contributed by atoms with Crippen LogP contribution in [0.15, 0.2) is 18.2 Å². The van der Waals surface area contributed by atoms with Gasteiger partial charge in [0.2, 0.25) is 0 Å². The number of carboxylic acid groups (broad SMARTS) is 1. The monoisotopic (exact) mass is 416 g/mol. The van der Waals surface area contributed by atoms with Crippen molar-refractivity contribution in [1.82, 2.24) is 0 Å². The summed E-state index contributed by atoms with van der Waals surface area (Å²) in [6, 6.07) is 5.92. The van der Waals surface area contributed by atoms with Crippen molar-refractivity contribution >= 4 is 12.1 Å². The van der Waals surface area contributed by atoms with Gasteiger partial charge in [0.15, 0.2) is 6.61 Å². The van der Waals surface area contributed by atoms with Gasteiger partial charge in [-0.1, -0.05) is 31.9 Å². The molecule has 6 nitrogen and oxygen atoms in total. The van der Waals surface area contributed by atoms with Crippen LogP contribution in [0.4, 0.5) is 4.79 Å². The Kier molecular flexibility index (Phi) is 6.49. The van der Waals surface area contributed by atoms with Crippen molar-refractivity contribution in [1.29, 1.82) is 0 Å². The van der Waals surface area contributed by atoms with E-state index in [4.69, 9.17) is 19.3 Å². The molecule has 1 aromatic rings. The van der Waals surface area contributed by atoms with Gasteiger partial charge in [-0.25, -0.2) is 9.59 Å². The van der Waals surface area contributed by atoms with E-state index in [2.05, 4.69) is 13.0 Å². The summed E-state index contributed by atoms with van der Waals surface area (Å²) >= 11 is 0. The SMILES string of the molecule is CCCCC[C@H]1CCC2[C@H]3Cc4cccc(OCC(=O)O)c4C[C@H]3C[C@H]2OC(=O)O1. The maximum absolute atomic E-state index is 12.3. The average Bonchev–Trinajstić information content (AvgIpc) is 3.02. The first kappa shape index (κ1) is 21.0. The fourth-order valence-corrected chi connectivity index (χ4v) is 5.74. The van der Waals surface area contributed by atoms with E-state index in [1.54, 1.807) is 0 Å². The highest BCUT2D eigenvalue weighted by Gasteiger charge is 2.48. The van der Waals surface area contributed by atoms with Crippen molar-refractivity contribution < 1.29 is 28.9 Å². The third-order valence-electron chi connectivity index (χ3n) is 7.13. The maximum atomic E-state index is 12.3. The van der Waals surface area contributed by atoms with Crippen LogP contribution in [-0.2, 0) is 27.1 Å². The summed E-state index contributed by atoms with van der Waals surface area (Å²) in [5.74, 6) is 0.981. The van der Waals surface area contributed by atoms with Gasteiger partial charge in [-0.3, -0.25) is 0 Å². The number of cyclic esters (lactones) is 1. The average molecular weight is 417 g/mol. The summed E-state index contributed by atoms with van der Waals surface area (Å²) in [6.45, 7) is 1.85. The highest BCUT2D eigenvalue weighted by atomic mass is 16.7. The molecule has 3 aliphatic rings. The van der Waals surface area contributed by atoms with Gasteiger partial charge in [0, 0.05) is 0 Å². The molecular weight excluding hydrogens is 384 g/mol. The molecule has 1 saturated carbocycles. The van der Waals surface area contributed by atoms with Crippen molar-refractivity contribution in [3.05, 3.63) is 29.3 Å². The standard InChI is InChI=1S/C24H32O6/c1-2-3-4-7-17-9-10-18-19-11-15-6-5-8-21(28-14-23(25)26)20(15)12-16(19)13-22(18)30-24(27)29-17/h5-6,8,16-19,22H,2-4,7,9-14H2,1H3,(H,25,26)/t16-,17-,18?,19-,22+/m0/s1.